The van der Waals surface area contributed by atoms with E-state index < -0.39 is 0 Å². The summed E-state index contributed by atoms with van der Waals surface area (Å²) in [5, 5.41) is 0. The molecule has 2 heteroatoms. The van der Waals surface area contributed by atoms with Crippen LogP contribution in [0.4, 0.5) is 0 Å². The van der Waals surface area contributed by atoms with Gasteiger partial charge in [0.1, 0.15) is 0 Å². The van der Waals surface area contributed by atoms with Crippen LogP contribution in [0.25, 0.3) is 0 Å². The van der Waals surface area contributed by atoms with Gasteiger partial charge in [-0.2, -0.15) is 0 Å². The van der Waals surface area contributed by atoms with Crippen molar-refractivity contribution in [2.24, 2.45) is 0 Å². The molecular formula is C8H21NO. The molecule has 1 fully saturated rings. The quantitative estimate of drug-likeness (QED) is 0.508. The van der Waals surface area contributed by atoms with E-state index in [0.717, 1.165) is 6.04 Å². The predicted octanol–water partition coefficient (Wildman–Crippen LogP) is 1.30. The summed E-state index contributed by atoms with van der Waals surface area (Å²) in [5.74, 6) is 0. The van der Waals surface area contributed by atoms with Gasteiger partial charge < -0.3 is 10.4 Å². The third kappa shape index (κ3) is 3.85. The molecule has 0 unspecified atom stereocenters. The van der Waals surface area contributed by atoms with Crippen LogP contribution in [-0.4, -0.2) is 30.0 Å². The Bertz CT molecular complexity index is 58.3. The predicted molar refractivity (Wildman–Crippen MR) is 46.3 cm³/mol. The van der Waals surface area contributed by atoms with Crippen LogP contribution in [0.5, 0.6) is 0 Å². The van der Waals surface area contributed by atoms with Gasteiger partial charge in [0.15, 0.2) is 0 Å². The Labute approximate surface area is 64.5 Å². The minimum absolute atomic E-state index is 0. The van der Waals surface area contributed by atoms with Crippen molar-refractivity contribution < 1.29 is 5.48 Å². The summed E-state index contributed by atoms with van der Waals surface area (Å²) < 4.78 is 0. The van der Waals surface area contributed by atoms with Crippen LogP contribution in [0.2, 0.25) is 0 Å². The lowest BCUT2D eigenvalue weighted by atomic mass is 10.3. The highest BCUT2D eigenvalue weighted by molar-refractivity contribution is 4.70. The standard InChI is InChI=1S/C6H13N.C2H6.H2O/c1-6-4-3-5-7(6)2;1-2;/h6H,3-5H2,1-2H3;1-2H3;1H2/t6-;;/m1../s1. The Morgan fingerprint density at radius 1 is 1.30 bits per heavy atom. The number of hydrogen-bond acceptors (Lipinski definition) is 1. The lowest BCUT2D eigenvalue weighted by molar-refractivity contribution is 0.331. The van der Waals surface area contributed by atoms with Crippen molar-refractivity contribution in [1.82, 2.24) is 4.90 Å². The van der Waals surface area contributed by atoms with Gasteiger partial charge in [0.25, 0.3) is 0 Å². The van der Waals surface area contributed by atoms with E-state index in [-0.39, 0.29) is 5.48 Å². The van der Waals surface area contributed by atoms with Crippen LogP contribution in [0.1, 0.15) is 33.6 Å². The van der Waals surface area contributed by atoms with Gasteiger partial charge in [0, 0.05) is 6.04 Å². The highest BCUT2D eigenvalue weighted by Gasteiger charge is 2.14. The first-order chi connectivity index (χ1) is 4.30. The molecule has 0 spiro atoms. The zero-order chi connectivity index (χ0) is 7.28. The Balaban J connectivity index is 0. The van der Waals surface area contributed by atoms with Crippen molar-refractivity contribution in [3.05, 3.63) is 0 Å². The molecule has 1 rings (SSSR count). The van der Waals surface area contributed by atoms with Gasteiger partial charge in [-0.3, -0.25) is 0 Å². The molecule has 0 aromatic heterocycles. The summed E-state index contributed by atoms with van der Waals surface area (Å²) in [7, 11) is 2.19. The van der Waals surface area contributed by atoms with Crippen molar-refractivity contribution in [2.75, 3.05) is 13.6 Å². The fourth-order valence-corrected chi connectivity index (χ4v) is 1.08. The fraction of sp³-hybridized carbons (Fsp3) is 1.00. The molecule has 1 atom stereocenters. The molecule has 0 amide bonds. The Hall–Kier alpha value is -0.0800. The molecule has 0 bridgehead atoms. The normalized spacial score (nSPS) is 24.6. The number of nitrogens with zero attached hydrogens (tertiary/aromatic N) is 1. The Morgan fingerprint density at radius 3 is 1.90 bits per heavy atom. The summed E-state index contributed by atoms with van der Waals surface area (Å²) in [6.07, 6.45) is 2.80. The van der Waals surface area contributed by atoms with Crippen molar-refractivity contribution in [1.29, 1.82) is 0 Å². The zero-order valence-corrected chi connectivity index (χ0v) is 7.65. The maximum Gasteiger partial charge on any atom is 0.00643 e. The molecule has 0 radical (unpaired) electrons. The molecular weight excluding hydrogens is 126 g/mol. The van der Waals surface area contributed by atoms with Gasteiger partial charge in [-0.05, 0) is 33.4 Å². The van der Waals surface area contributed by atoms with E-state index in [9.17, 15) is 0 Å². The van der Waals surface area contributed by atoms with E-state index in [4.69, 9.17) is 0 Å². The van der Waals surface area contributed by atoms with Crippen LogP contribution >= 0.6 is 0 Å². The second-order valence-corrected chi connectivity index (χ2v) is 2.47. The minimum Gasteiger partial charge on any atom is -0.412 e. The third-order valence-electron chi connectivity index (χ3n) is 1.89. The molecule has 1 saturated heterocycles. The van der Waals surface area contributed by atoms with Crippen molar-refractivity contribution in [3.8, 4) is 0 Å². The van der Waals surface area contributed by atoms with Gasteiger partial charge in [0.2, 0.25) is 0 Å². The first-order valence-electron chi connectivity index (χ1n) is 4.01. The van der Waals surface area contributed by atoms with Crippen molar-refractivity contribution >= 4 is 0 Å². The summed E-state index contributed by atoms with van der Waals surface area (Å²) in [4.78, 5) is 2.40. The number of rotatable bonds is 0. The van der Waals surface area contributed by atoms with Crippen LogP contribution < -0.4 is 0 Å². The second kappa shape index (κ2) is 7.03. The first-order valence-corrected chi connectivity index (χ1v) is 4.01. The number of likely N-dealkylation sites (tertiary alicyclic amines) is 1. The molecule has 1 heterocycles. The van der Waals surface area contributed by atoms with Crippen LogP contribution in [0.3, 0.4) is 0 Å². The molecule has 0 aromatic rings. The smallest absolute Gasteiger partial charge is 0.00643 e. The first kappa shape index (κ1) is 12.6. The molecule has 0 aromatic carbocycles. The van der Waals surface area contributed by atoms with Gasteiger partial charge in [-0.15, -0.1) is 0 Å². The summed E-state index contributed by atoms with van der Waals surface area (Å²) in [6.45, 7) is 7.59. The second-order valence-electron chi connectivity index (χ2n) is 2.47. The van der Waals surface area contributed by atoms with Crippen LogP contribution in [0, 0.1) is 0 Å². The topological polar surface area (TPSA) is 34.7 Å². The maximum absolute atomic E-state index is 2.40. The SMILES string of the molecule is CC.C[C@@H]1CCCN1C.O. The highest BCUT2D eigenvalue weighted by atomic mass is 16.0. The molecule has 0 saturated carbocycles. The van der Waals surface area contributed by atoms with Crippen LogP contribution in [-0.2, 0) is 0 Å². The molecule has 0 aliphatic carbocycles. The fourth-order valence-electron chi connectivity index (χ4n) is 1.08. The van der Waals surface area contributed by atoms with Crippen LogP contribution in [0.15, 0.2) is 0 Å². The van der Waals surface area contributed by atoms with Gasteiger partial charge in [0.05, 0.1) is 0 Å². The molecule has 1 aliphatic rings. The largest absolute Gasteiger partial charge is 0.412 e. The molecule has 64 valence electrons. The van der Waals surface area contributed by atoms with E-state index in [2.05, 4.69) is 18.9 Å². The highest BCUT2D eigenvalue weighted by Crippen LogP contribution is 2.12. The monoisotopic (exact) mass is 147 g/mol. The molecule has 2 nitrogen and oxygen atoms in total. The summed E-state index contributed by atoms with van der Waals surface area (Å²) in [5.41, 5.74) is 0. The Morgan fingerprint density at radius 2 is 1.80 bits per heavy atom. The van der Waals surface area contributed by atoms with Gasteiger partial charge >= 0.3 is 0 Å². The summed E-state index contributed by atoms with van der Waals surface area (Å²) >= 11 is 0. The molecule has 2 N–H and O–H groups in total. The zero-order valence-electron chi connectivity index (χ0n) is 7.65. The van der Waals surface area contributed by atoms with E-state index in [1.807, 2.05) is 13.8 Å². The molecule has 1 aliphatic heterocycles. The van der Waals surface area contributed by atoms with Gasteiger partial charge in [-0.25, -0.2) is 0 Å². The van der Waals surface area contributed by atoms with Crippen molar-refractivity contribution in [2.45, 2.75) is 39.7 Å². The lowest BCUT2D eigenvalue weighted by Gasteiger charge is -2.12. The summed E-state index contributed by atoms with van der Waals surface area (Å²) in [6, 6.07) is 0.847. The van der Waals surface area contributed by atoms with E-state index in [0.29, 0.717) is 0 Å². The maximum atomic E-state index is 2.40. The molecule has 10 heavy (non-hydrogen) atoms. The Kier molecular flexibility index (Phi) is 8.85. The average Bonchev–Trinajstić information content (AvgIpc) is 2.23. The van der Waals surface area contributed by atoms with E-state index in [1.54, 1.807) is 0 Å². The lowest BCUT2D eigenvalue weighted by Crippen LogP contribution is -2.20. The number of hydrogen-bond donors (Lipinski definition) is 0. The minimum atomic E-state index is 0. The third-order valence-corrected chi connectivity index (χ3v) is 1.89. The van der Waals surface area contributed by atoms with Crippen molar-refractivity contribution in [3.63, 3.8) is 0 Å². The average molecular weight is 147 g/mol. The van der Waals surface area contributed by atoms with E-state index >= 15 is 0 Å². The van der Waals surface area contributed by atoms with Gasteiger partial charge in [-0.1, -0.05) is 13.8 Å². The van der Waals surface area contributed by atoms with E-state index in [1.165, 1.54) is 19.4 Å².